The molecule has 0 radical (unpaired) electrons. The third-order valence-electron chi connectivity index (χ3n) is 24.8. The molecule has 3 saturated heterocycles. The number of hydrogen-bond donors (Lipinski definition) is 3. The van der Waals surface area contributed by atoms with E-state index in [1.807, 2.05) is 58.1 Å². The van der Waals surface area contributed by atoms with E-state index in [0.29, 0.717) is 114 Å². The van der Waals surface area contributed by atoms with Gasteiger partial charge in [-0.3, -0.25) is 38.4 Å². The zero-order valence-electron chi connectivity index (χ0n) is 67.8. The van der Waals surface area contributed by atoms with Crippen molar-refractivity contribution in [2.45, 2.75) is 277 Å². The topological polar surface area (TPSA) is 321 Å². The molecule has 0 aromatic carbocycles. The van der Waals surface area contributed by atoms with Gasteiger partial charge in [-0.15, -0.1) is 13.2 Å². The Morgan fingerprint density at radius 3 is 2.09 bits per heavy atom. The van der Waals surface area contributed by atoms with E-state index < -0.39 is 154 Å². The number of hydrogen-bond acceptors (Lipinski definition) is 23. The van der Waals surface area contributed by atoms with Crippen molar-refractivity contribution in [3.63, 3.8) is 0 Å². The summed E-state index contributed by atoms with van der Waals surface area (Å²) in [6.07, 6.45) is 16.2. The van der Waals surface area contributed by atoms with E-state index in [0.717, 1.165) is 18.4 Å². The summed E-state index contributed by atoms with van der Waals surface area (Å²) in [5.74, 6) is -13.2. The van der Waals surface area contributed by atoms with Gasteiger partial charge < -0.3 is 67.8 Å². The molecule has 614 valence electrons. The molecule has 111 heavy (non-hydrogen) atoms. The molecule has 0 unspecified atom stereocenters. The number of nitrogens with zero attached hydrogens (tertiary/aromatic N) is 2. The smallest absolute Gasteiger partial charge is 0.340 e. The Hall–Kier alpha value is -7.48. The minimum atomic E-state index is -2.49. The summed E-state index contributed by atoms with van der Waals surface area (Å²) in [6.45, 7) is 25.7. The van der Waals surface area contributed by atoms with Gasteiger partial charge in [-0.2, -0.15) is 0 Å². The van der Waals surface area contributed by atoms with Crippen LogP contribution in [-0.2, 0) is 90.6 Å². The van der Waals surface area contributed by atoms with Crippen LogP contribution in [0.2, 0.25) is 0 Å². The third kappa shape index (κ3) is 21.1. The van der Waals surface area contributed by atoms with Crippen LogP contribution in [0.1, 0.15) is 210 Å². The molecule has 2 saturated carbocycles. The Labute approximate surface area is 655 Å². The Balaban J connectivity index is 0.979. The van der Waals surface area contributed by atoms with Crippen LogP contribution in [0.25, 0.3) is 0 Å². The normalized spacial score (nSPS) is 36.0. The van der Waals surface area contributed by atoms with Gasteiger partial charge in [0.1, 0.15) is 36.2 Å². The highest BCUT2D eigenvalue weighted by Crippen LogP contribution is 2.64. The first-order valence-electron chi connectivity index (χ1n) is 40.3. The number of esters is 5. The molecular weight excluding hydrogens is 1420 g/mol. The van der Waals surface area contributed by atoms with Gasteiger partial charge in [0, 0.05) is 114 Å². The van der Waals surface area contributed by atoms with Gasteiger partial charge in [0.25, 0.3) is 11.7 Å². The fourth-order valence-electron chi connectivity index (χ4n) is 18.4. The van der Waals surface area contributed by atoms with Gasteiger partial charge in [0.2, 0.25) is 11.6 Å². The number of ether oxygens (including phenoxy) is 9. The predicted octanol–water partition coefficient (Wildman–Crippen LogP) is 11.9. The number of ketones is 4. The molecule has 0 aromatic rings. The minimum absolute atomic E-state index is 0.0226. The first-order valence-corrected chi connectivity index (χ1v) is 40.3. The molecule has 4 aliphatic heterocycles. The molecule has 24 nitrogen and oxygen atoms in total. The number of unbranched alkanes of at least 4 members (excludes halogenated alkanes) is 3. The minimum Gasteiger partial charge on any atom is -0.504 e. The second kappa shape index (κ2) is 40.0. The second-order valence-corrected chi connectivity index (χ2v) is 33.0. The maximum absolute atomic E-state index is 14.9. The molecule has 5 fully saturated rings. The van der Waals surface area contributed by atoms with Crippen molar-refractivity contribution in [1.29, 1.82) is 0 Å². The Morgan fingerprint density at radius 1 is 0.775 bits per heavy atom. The maximum Gasteiger partial charge on any atom is 0.340 e. The Morgan fingerprint density at radius 2 is 1.45 bits per heavy atom. The summed E-state index contributed by atoms with van der Waals surface area (Å²) in [5, 5.41) is 34.7. The number of piperidine rings is 1. The average Bonchev–Trinajstić information content (AvgIpc) is 1.67. The summed E-state index contributed by atoms with van der Waals surface area (Å²) in [4.78, 5) is 146. The zero-order chi connectivity index (χ0) is 81.4. The fourth-order valence-corrected chi connectivity index (χ4v) is 18.4. The lowest BCUT2D eigenvalue weighted by molar-refractivity contribution is -0.265. The molecule has 24 heteroatoms. The van der Waals surface area contributed by atoms with Crippen LogP contribution < -0.4 is 0 Å². The number of aliphatic hydroxyl groups is 3. The summed E-state index contributed by atoms with van der Waals surface area (Å²) < 4.78 is 54.9. The number of carbonyl (C=O) groups is 10. The van der Waals surface area contributed by atoms with Crippen LogP contribution in [0, 0.1) is 52.3 Å². The molecule has 2 bridgehead atoms. The number of methoxy groups -OCH3 is 3. The van der Waals surface area contributed by atoms with E-state index >= 15 is 0 Å². The second-order valence-electron chi connectivity index (χ2n) is 33.0. The Bertz CT molecular complexity index is 3640. The lowest BCUT2D eigenvalue weighted by Crippen LogP contribution is -2.61. The highest BCUT2D eigenvalue weighted by Gasteiger charge is 2.65. The highest BCUT2D eigenvalue weighted by molar-refractivity contribution is 6.39. The summed E-state index contributed by atoms with van der Waals surface area (Å²) in [5.41, 5.74) is -0.577. The van der Waals surface area contributed by atoms with E-state index in [9.17, 15) is 63.3 Å². The van der Waals surface area contributed by atoms with Crippen LogP contribution in [0.3, 0.4) is 0 Å². The molecule has 8 rings (SSSR count). The van der Waals surface area contributed by atoms with Gasteiger partial charge >= 0.3 is 29.8 Å². The van der Waals surface area contributed by atoms with Crippen LogP contribution in [0.15, 0.2) is 107 Å². The van der Waals surface area contributed by atoms with Crippen LogP contribution in [0.5, 0.6) is 0 Å². The van der Waals surface area contributed by atoms with E-state index in [1.54, 1.807) is 64.9 Å². The first kappa shape index (κ1) is 89.1. The van der Waals surface area contributed by atoms with Gasteiger partial charge in [0.15, 0.2) is 23.8 Å². The maximum atomic E-state index is 14.9. The summed E-state index contributed by atoms with van der Waals surface area (Å²) in [7, 11) is 4.37. The monoisotopic (exact) mass is 1550 g/mol. The van der Waals surface area contributed by atoms with Crippen molar-refractivity contribution in [3.8, 4) is 0 Å². The quantitative estimate of drug-likeness (QED) is 0.0226. The van der Waals surface area contributed by atoms with Crippen molar-refractivity contribution < 1.29 is 106 Å². The number of amides is 1. The van der Waals surface area contributed by atoms with E-state index in [-0.39, 0.29) is 97.7 Å². The van der Waals surface area contributed by atoms with Crippen molar-refractivity contribution in [2.24, 2.45) is 52.3 Å². The van der Waals surface area contributed by atoms with Crippen molar-refractivity contribution >= 4 is 58.9 Å². The van der Waals surface area contributed by atoms with Gasteiger partial charge in [0.05, 0.1) is 35.9 Å². The lowest BCUT2D eigenvalue weighted by atomic mass is 9.53. The van der Waals surface area contributed by atoms with E-state index in [2.05, 4.69) is 13.2 Å². The standard InChI is InChI=1S/C87H124N2O22/c1-16-40-88(41-17-2)49-62-74-78(97)77(96)73-63-38-39-69(85(63,11)48-68(106-58(10)90)75(73)86(74,12)70(50-103-13)109-83(62)100)108-71(93)30-23-18-19-24-31-72(94)110-79-56(8)44-53(5)65(92)47-67(54(6)45-59-33-35-60(91)36-34-59)107-84(101)64-29-25-26-42-89(64)82(99)81(98)87(102)57(9)32-37-61(111-87)46-66(104-14)52(4)28-22-20-21-27-51(3)43-55(7)76(95)80(79)105-15/h16-17,20-22,27-28,44,49,51,53-55,57,59-61,63-64,66-70,79-80,91,97,102H,1-2,18-19,23-26,29-43,45-48,50H2,3-15H3/b22-20+,27-21+,52-28+,56-44+,62-49+/t51-,53-,54-,55-,57-,59?,60?,61+,63+,64+,66+,67+,68-,69+,70-,79-,80+,85+,86+,87-/m1/s1. The van der Waals surface area contributed by atoms with Crippen LogP contribution in [-0.4, -0.2) is 198 Å². The number of cyclic esters (lactones) is 2. The van der Waals surface area contributed by atoms with Crippen LogP contribution in [0.4, 0.5) is 0 Å². The predicted molar refractivity (Wildman–Crippen MR) is 413 cm³/mol. The van der Waals surface area contributed by atoms with Gasteiger partial charge in [-0.1, -0.05) is 103 Å². The zero-order valence-corrected chi connectivity index (χ0v) is 67.8. The molecule has 0 spiro atoms. The number of rotatable bonds is 22. The van der Waals surface area contributed by atoms with Crippen molar-refractivity contribution in [1.82, 2.24) is 9.80 Å². The lowest BCUT2D eigenvalue weighted by Gasteiger charge is -2.54. The Kier molecular flexibility index (Phi) is 32.1. The third-order valence-corrected chi connectivity index (χ3v) is 24.8. The van der Waals surface area contributed by atoms with Crippen LogP contribution >= 0.6 is 0 Å². The fraction of sp³-hybridized carbons (Fsp3) is 0.678. The number of aliphatic hydroxyl groups excluding tert-OH is 2. The summed E-state index contributed by atoms with van der Waals surface area (Å²) >= 11 is 0. The molecule has 4 aliphatic carbocycles. The molecule has 0 aromatic heterocycles. The average molecular weight is 1550 g/mol. The van der Waals surface area contributed by atoms with E-state index in [4.69, 9.17) is 42.6 Å². The molecular formula is C87H124N2O22. The molecule has 3 N–H and O–H groups in total. The van der Waals surface area contributed by atoms with E-state index in [1.165, 1.54) is 32.2 Å². The molecule has 4 heterocycles. The van der Waals surface area contributed by atoms with Gasteiger partial charge in [-0.05, 0) is 164 Å². The van der Waals surface area contributed by atoms with Crippen molar-refractivity contribution in [3.05, 3.63) is 107 Å². The number of Topliss-reactive ketones (excluding diaryl/α,β-unsaturated/α-hetero) is 4. The number of allylic oxidation sites excluding steroid dienone is 7. The molecule has 1 amide bonds. The summed E-state index contributed by atoms with van der Waals surface area (Å²) in [6, 6.07) is -1.21. The number of carbonyl (C=O) groups excluding carboxylic acids is 10. The molecule has 18 atom stereocenters. The molecule has 8 aliphatic rings. The largest absolute Gasteiger partial charge is 0.504 e. The number of fused-ring (bicyclic) bond motifs is 7. The SMILES string of the molecule is C=CCN(/C=C1/C(=O)O[C@H](COC)[C@@]2(C)C1=C(O)C(=O)C1=C2[C@H](OC(C)=O)C[C@]2(C)[C@@H](OC(=O)CCCCCCC(=O)O[C@@H]3/C(C)=C/[C@@H](C)C(=O)C[C@@H]([C@H](C)CC4CCC(O)CC4)OC(=O)[C@@H]4CCCCN4C(=O)C(=O)[C@]4(O)O[C@@H](CC[C@H]4C)C[C@H](OC)/C(C)=C/C=C/C=C/[C@@H](C)C[C@@H](C)C(=O)[C@@H]3OC)CC[C@@H]12)CC=C. The van der Waals surface area contributed by atoms with Gasteiger partial charge in [-0.25, -0.2) is 9.59 Å². The first-order chi connectivity index (χ1) is 52.7. The van der Waals surface area contributed by atoms with Crippen molar-refractivity contribution in [2.75, 3.05) is 47.6 Å². The highest BCUT2D eigenvalue weighted by atomic mass is 16.6.